The minimum atomic E-state index is -0.918. The molecule has 0 aromatic carbocycles. The molecule has 0 bridgehead atoms. The molecule has 0 aliphatic carbocycles. The third-order valence-corrected chi connectivity index (χ3v) is 4.16. The molecule has 1 amide bonds. The maximum Gasteiger partial charge on any atom is 0.326 e. The monoisotopic (exact) mass is 286 g/mol. The van der Waals surface area contributed by atoms with Gasteiger partial charge in [0.1, 0.15) is 6.04 Å². The zero-order valence-electron chi connectivity index (χ0n) is 11.9. The van der Waals surface area contributed by atoms with Gasteiger partial charge in [-0.3, -0.25) is 4.79 Å². The number of aromatic nitrogens is 1. The van der Waals surface area contributed by atoms with Crippen LogP contribution in [0.2, 0.25) is 0 Å². The fourth-order valence-electron chi connectivity index (χ4n) is 2.96. The second kappa shape index (κ2) is 5.24. The number of piperidine rings is 1. The van der Waals surface area contributed by atoms with Gasteiger partial charge in [0.05, 0.1) is 5.56 Å². The summed E-state index contributed by atoms with van der Waals surface area (Å²) >= 11 is 0. The molecule has 5 heteroatoms. The zero-order valence-corrected chi connectivity index (χ0v) is 11.9. The standard InChI is InChI=1S/C16H18N2O3/c1-11-5-7-18(14(8-11)16(20)21)15(19)12-9-13-4-2-3-6-17(13)10-12/h2-4,6,9-11,14H,5,7-8H2,1H3,(H,20,21). The van der Waals surface area contributed by atoms with Crippen molar-refractivity contribution in [3.63, 3.8) is 0 Å². The third-order valence-electron chi connectivity index (χ3n) is 4.16. The Balaban J connectivity index is 1.90. The van der Waals surface area contributed by atoms with E-state index in [-0.39, 0.29) is 5.91 Å². The van der Waals surface area contributed by atoms with Gasteiger partial charge in [-0.1, -0.05) is 13.0 Å². The summed E-state index contributed by atoms with van der Waals surface area (Å²) in [7, 11) is 0. The van der Waals surface area contributed by atoms with Crippen LogP contribution in [0, 0.1) is 5.92 Å². The lowest BCUT2D eigenvalue weighted by Gasteiger charge is -2.35. The summed E-state index contributed by atoms with van der Waals surface area (Å²) in [6.07, 6.45) is 5.00. The fraction of sp³-hybridized carbons (Fsp3) is 0.375. The second-order valence-corrected chi connectivity index (χ2v) is 5.74. The van der Waals surface area contributed by atoms with Crippen LogP contribution in [0.4, 0.5) is 0 Å². The highest BCUT2D eigenvalue weighted by Gasteiger charge is 2.35. The van der Waals surface area contributed by atoms with Crippen LogP contribution in [0.25, 0.3) is 5.52 Å². The Hall–Kier alpha value is -2.30. The lowest BCUT2D eigenvalue weighted by atomic mass is 9.92. The molecule has 3 heterocycles. The van der Waals surface area contributed by atoms with Crippen molar-refractivity contribution in [2.45, 2.75) is 25.8 Å². The first kappa shape index (κ1) is 13.7. The van der Waals surface area contributed by atoms with E-state index in [4.69, 9.17) is 0 Å². The van der Waals surface area contributed by atoms with Gasteiger partial charge < -0.3 is 14.4 Å². The number of hydrogen-bond donors (Lipinski definition) is 1. The molecule has 0 spiro atoms. The van der Waals surface area contributed by atoms with Crippen molar-refractivity contribution in [2.24, 2.45) is 5.92 Å². The van der Waals surface area contributed by atoms with Crippen LogP contribution in [0.5, 0.6) is 0 Å². The van der Waals surface area contributed by atoms with E-state index >= 15 is 0 Å². The van der Waals surface area contributed by atoms with Crippen LogP contribution in [0.3, 0.4) is 0 Å². The van der Waals surface area contributed by atoms with Gasteiger partial charge in [0.2, 0.25) is 0 Å². The number of likely N-dealkylation sites (tertiary alicyclic amines) is 1. The number of amides is 1. The number of carboxylic acids is 1. The molecule has 1 saturated heterocycles. The first-order valence-corrected chi connectivity index (χ1v) is 7.17. The maximum atomic E-state index is 12.6. The highest BCUT2D eigenvalue weighted by molar-refractivity contribution is 5.98. The molecule has 1 aliphatic heterocycles. The molecular weight excluding hydrogens is 268 g/mol. The van der Waals surface area contributed by atoms with Gasteiger partial charge in [-0.2, -0.15) is 0 Å². The van der Waals surface area contributed by atoms with Crippen LogP contribution >= 0.6 is 0 Å². The number of nitrogens with zero attached hydrogens (tertiary/aromatic N) is 2. The third kappa shape index (κ3) is 2.51. The number of carboxylic acid groups (broad SMARTS) is 1. The number of carbonyl (C=O) groups excluding carboxylic acids is 1. The van der Waals surface area contributed by atoms with Crippen molar-refractivity contribution >= 4 is 17.4 Å². The molecule has 1 aliphatic rings. The van der Waals surface area contributed by atoms with E-state index in [1.165, 1.54) is 4.90 Å². The molecule has 2 unspecified atom stereocenters. The molecule has 110 valence electrons. The van der Waals surface area contributed by atoms with Gasteiger partial charge in [-0.25, -0.2) is 4.79 Å². The van der Waals surface area contributed by atoms with Crippen LogP contribution in [-0.4, -0.2) is 38.9 Å². The van der Waals surface area contributed by atoms with Crippen LogP contribution in [0.15, 0.2) is 36.7 Å². The minimum Gasteiger partial charge on any atom is -0.480 e. The average molecular weight is 286 g/mol. The van der Waals surface area contributed by atoms with Crippen molar-refractivity contribution in [3.05, 3.63) is 42.2 Å². The fourth-order valence-corrected chi connectivity index (χ4v) is 2.96. The Morgan fingerprint density at radius 3 is 2.86 bits per heavy atom. The first-order chi connectivity index (χ1) is 10.1. The summed E-state index contributed by atoms with van der Waals surface area (Å²) in [6.45, 7) is 2.54. The molecule has 2 aromatic heterocycles. The largest absolute Gasteiger partial charge is 0.480 e. The molecule has 0 saturated carbocycles. The topological polar surface area (TPSA) is 62.0 Å². The molecule has 5 nitrogen and oxygen atoms in total. The number of pyridine rings is 1. The van der Waals surface area contributed by atoms with E-state index in [1.54, 1.807) is 12.3 Å². The lowest BCUT2D eigenvalue weighted by Crippen LogP contribution is -2.49. The van der Waals surface area contributed by atoms with E-state index in [1.807, 2.05) is 35.7 Å². The highest BCUT2D eigenvalue weighted by atomic mass is 16.4. The van der Waals surface area contributed by atoms with E-state index in [0.29, 0.717) is 24.4 Å². The Kier molecular flexibility index (Phi) is 3.41. The summed E-state index contributed by atoms with van der Waals surface area (Å²) in [5.74, 6) is -0.778. The summed E-state index contributed by atoms with van der Waals surface area (Å²) in [5.41, 5.74) is 1.47. The highest BCUT2D eigenvalue weighted by Crippen LogP contribution is 2.25. The molecule has 3 rings (SSSR count). The van der Waals surface area contributed by atoms with Crippen molar-refractivity contribution in [2.75, 3.05) is 6.54 Å². The van der Waals surface area contributed by atoms with Gasteiger partial charge in [0.25, 0.3) is 5.91 Å². The Morgan fingerprint density at radius 2 is 2.14 bits per heavy atom. The van der Waals surface area contributed by atoms with E-state index < -0.39 is 12.0 Å². The number of carbonyl (C=O) groups is 2. The average Bonchev–Trinajstić information content (AvgIpc) is 2.90. The van der Waals surface area contributed by atoms with Gasteiger partial charge >= 0.3 is 5.97 Å². The van der Waals surface area contributed by atoms with E-state index in [0.717, 1.165) is 11.9 Å². The molecule has 2 aromatic rings. The first-order valence-electron chi connectivity index (χ1n) is 7.17. The van der Waals surface area contributed by atoms with Crippen LogP contribution < -0.4 is 0 Å². The van der Waals surface area contributed by atoms with Crippen LogP contribution in [0.1, 0.15) is 30.1 Å². The van der Waals surface area contributed by atoms with Gasteiger partial charge in [0, 0.05) is 24.5 Å². The molecule has 1 N–H and O–H groups in total. The molecule has 2 atom stereocenters. The number of hydrogen-bond acceptors (Lipinski definition) is 2. The van der Waals surface area contributed by atoms with E-state index in [9.17, 15) is 14.7 Å². The van der Waals surface area contributed by atoms with E-state index in [2.05, 4.69) is 0 Å². The van der Waals surface area contributed by atoms with Crippen molar-refractivity contribution in [3.8, 4) is 0 Å². The second-order valence-electron chi connectivity index (χ2n) is 5.74. The van der Waals surface area contributed by atoms with Gasteiger partial charge in [-0.15, -0.1) is 0 Å². The summed E-state index contributed by atoms with van der Waals surface area (Å²) in [6, 6.07) is 6.81. The van der Waals surface area contributed by atoms with Crippen molar-refractivity contribution in [1.82, 2.24) is 9.30 Å². The maximum absolute atomic E-state index is 12.6. The zero-order chi connectivity index (χ0) is 15.0. The smallest absolute Gasteiger partial charge is 0.326 e. The van der Waals surface area contributed by atoms with Gasteiger partial charge in [-0.05, 0) is 37.0 Å². The SMILES string of the molecule is CC1CCN(C(=O)c2cc3ccccn3c2)C(C(=O)O)C1. The predicted octanol–water partition coefficient (Wildman–Crippen LogP) is 2.26. The summed E-state index contributed by atoms with van der Waals surface area (Å²) in [4.78, 5) is 25.6. The van der Waals surface area contributed by atoms with Crippen LogP contribution in [-0.2, 0) is 4.79 Å². The number of fused-ring (bicyclic) bond motifs is 1. The summed E-state index contributed by atoms with van der Waals surface area (Å²) in [5, 5.41) is 9.36. The lowest BCUT2D eigenvalue weighted by molar-refractivity contribution is -0.144. The predicted molar refractivity (Wildman–Crippen MR) is 78.3 cm³/mol. The number of aliphatic carboxylic acids is 1. The Bertz CT molecular complexity index is 659. The van der Waals surface area contributed by atoms with Crippen molar-refractivity contribution < 1.29 is 14.7 Å². The Morgan fingerprint density at radius 1 is 1.33 bits per heavy atom. The minimum absolute atomic E-state index is 0.196. The molecule has 1 fully saturated rings. The molecule has 0 radical (unpaired) electrons. The summed E-state index contributed by atoms with van der Waals surface area (Å²) < 4.78 is 1.87. The quantitative estimate of drug-likeness (QED) is 0.921. The molecular formula is C16H18N2O3. The molecule has 21 heavy (non-hydrogen) atoms. The van der Waals surface area contributed by atoms with Gasteiger partial charge in [0.15, 0.2) is 0 Å². The number of rotatable bonds is 2. The van der Waals surface area contributed by atoms with Crippen molar-refractivity contribution in [1.29, 1.82) is 0 Å². The Labute approximate surface area is 122 Å². The normalized spacial score (nSPS) is 22.4.